The number of alkyl halides is 6. The van der Waals surface area contributed by atoms with Crippen LogP contribution in [-0.4, -0.2) is 36.5 Å². The number of para-hydroxylation sites is 1. The zero-order valence-corrected chi connectivity index (χ0v) is 16.7. The summed E-state index contributed by atoms with van der Waals surface area (Å²) in [7, 11) is 0. The van der Waals surface area contributed by atoms with Crippen LogP contribution in [-0.2, 0) is 6.18 Å². The number of halogens is 6. The Labute approximate surface area is 180 Å². The summed E-state index contributed by atoms with van der Waals surface area (Å²) in [6.45, 7) is 0.193. The van der Waals surface area contributed by atoms with Gasteiger partial charge in [0.05, 0.1) is 23.6 Å². The first-order valence-electron chi connectivity index (χ1n) is 9.96. The van der Waals surface area contributed by atoms with E-state index >= 15 is 0 Å². The Kier molecular flexibility index (Phi) is 5.70. The van der Waals surface area contributed by atoms with Crippen LogP contribution in [0.1, 0.15) is 11.1 Å². The minimum atomic E-state index is -4.62. The van der Waals surface area contributed by atoms with E-state index in [1.807, 2.05) is 30.3 Å². The summed E-state index contributed by atoms with van der Waals surface area (Å²) in [6, 6.07) is 11.5. The van der Waals surface area contributed by atoms with Crippen molar-refractivity contribution in [3.05, 3.63) is 77.9 Å². The van der Waals surface area contributed by atoms with Crippen LogP contribution in [0.3, 0.4) is 0 Å². The Morgan fingerprint density at radius 1 is 0.969 bits per heavy atom. The van der Waals surface area contributed by atoms with E-state index in [1.54, 1.807) is 4.90 Å². The van der Waals surface area contributed by atoms with Crippen molar-refractivity contribution in [2.45, 2.75) is 24.5 Å². The van der Waals surface area contributed by atoms with E-state index in [9.17, 15) is 31.4 Å². The summed E-state index contributed by atoms with van der Waals surface area (Å²) in [4.78, 5) is 1.64. The molecule has 170 valence electrons. The van der Waals surface area contributed by atoms with Crippen LogP contribution >= 0.6 is 0 Å². The van der Waals surface area contributed by atoms with Crippen molar-refractivity contribution >= 4 is 16.9 Å². The molecule has 0 fully saturated rings. The number of aliphatic hydroxyl groups excluding tert-OH is 1. The fourth-order valence-corrected chi connectivity index (χ4v) is 4.04. The van der Waals surface area contributed by atoms with Gasteiger partial charge in [0.2, 0.25) is 0 Å². The van der Waals surface area contributed by atoms with E-state index < -0.39 is 36.0 Å². The number of β-amino-alcohol motifs (C(OH)–C–C–N with tert-alkyl or cyclic N) is 1. The molecule has 0 saturated heterocycles. The maximum Gasteiger partial charge on any atom is 0.416 e. The Hall–Kier alpha value is -2.94. The third-order valence-electron chi connectivity index (χ3n) is 5.56. The average Bonchev–Trinajstić information content (AvgIpc) is 3.04. The fourth-order valence-electron chi connectivity index (χ4n) is 4.04. The summed E-state index contributed by atoms with van der Waals surface area (Å²) in [5, 5.41) is 13.6. The Balaban J connectivity index is 1.62. The molecule has 0 radical (unpaired) electrons. The second kappa shape index (κ2) is 8.20. The predicted octanol–water partition coefficient (Wildman–Crippen LogP) is 5.50. The van der Waals surface area contributed by atoms with Gasteiger partial charge in [0.25, 0.3) is 0 Å². The number of allylic oxidation sites excluding steroid dienone is 2. The molecule has 1 heterocycles. The van der Waals surface area contributed by atoms with Crippen LogP contribution in [0.4, 0.5) is 37.7 Å². The smallest absolute Gasteiger partial charge is 0.389 e. The van der Waals surface area contributed by atoms with Crippen molar-refractivity contribution in [3.63, 3.8) is 0 Å². The largest absolute Gasteiger partial charge is 0.416 e. The number of benzene rings is 2. The van der Waals surface area contributed by atoms with Gasteiger partial charge >= 0.3 is 12.4 Å². The highest BCUT2D eigenvalue weighted by atomic mass is 19.4. The van der Waals surface area contributed by atoms with Gasteiger partial charge in [0, 0.05) is 30.0 Å². The molecular weight excluding hydrogens is 434 g/mol. The molecule has 32 heavy (non-hydrogen) atoms. The van der Waals surface area contributed by atoms with Crippen LogP contribution < -0.4 is 10.2 Å². The van der Waals surface area contributed by atoms with Gasteiger partial charge in [-0.15, -0.1) is 0 Å². The highest BCUT2D eigenvalue weighted by Crippen LogP contribution is 2.47. The van der Waals surface area contributed by atoms with Gasteiger partial charge in [-0.3, -0.25) is 0 Å². The van der Waals surface area contributed by atoms with E-state index in [2.05, 4.69) is 5.32 Å². The normalized spacial score (nSPS) is 21.1. The molecule has 1 aliphatic heterocycles. The molecule has 3 unspecified atom stereocenters. The molecule has 0 bridgehead atoms. The standard InChI is InChI=1S/C23H20F6N2O/c24-22(25,26)14-6-8-20-18(10-14)19-11-15(23(27,28)29)7-9-21(19)31(20)13-17(32)12-30-16-4-2-1-3-5-16/h1-11,14,17,20,30,32H,12-13H2. The molecule has 3 atom stereocenters. The summed E-state index contributed by atoms with van der Waals surface area (Å²) in [6.07, 6.45) is -6.75. The molecule has 2 aromatic carbocycles. The minimum Gasteiger partial charge on any atom is -0.389 e. The van der Waals surface area contributed by atoms with E-state index in [-0.39, 0.29) is 24.2 Å². The second-order valence-electron chi connectivity index (χ2n) is 7.80. The summed E-state index contributed by atoms with van der Waals surface area (Å²) < 4.78 is 79.5. The fraction of sp³-hybridized carbons (Fsp3) is 0.304. The van der Waals surface area contributed by atoms with Gasteiger partial charge in [0.1, 0.15) is 0 Å². The molecule has 0 saturated carbocycles. The number of hydrogen-bond acceptors (Lipinski definition) is 3. The molecule has 3 nitrogen and oxygen atoms in total. The SMILES string of the molecule is OC(CNc1ccccc1)CN1c2ccc(C(F)(F)F)cc2C2=CC(C(F)(F)F)C=CC21. The maximum atomic E-state index is 13.3. The maximum absolute atomic E-state index is 13.3. The molecule has 4 rings (SSSR count). The van der Waals surface area contributed by atoms with Crippen molar-refractivity contribution < 1.29 is 31.4 Å². The summed E-state index contributed by atoms with van der Waals surface area (Å²) in [5.74, 6) is -1.87. The lowest BCUT2D eigenvalue weighted by atomic mass is 9.90. The average molecular weight is 454 g/mol. The molecule has 9 heteroatoms. The molecule has 2 aromatic rings. The van der Waals surface area contributed by atoms with Crippen LogP contribution in [0, 0.1) is 5.92 Å². The number of anilines is 2. The van der Waals surface area contributed by atoms with Crippen LogP contribution in [0.2, 0.25) is 0 Å². The number of fused-ring (bicyclic) bond motifs is 3. The zero-order valence-electron chi connectivity index (χ0n) is 16.7. The third-order valence-corrected chi connectivity index (χ3v) is 5.56. The number of aliphatic hydroxyl groups is 1. The second-order valence-corrected chi connectivity index (χ2v) is 7.80. The molecule has 2 aliphatic rings. The predicted molar refractivity (Wildman–Crippen MR) is 110 cm³/mol. The van der Waals surface area contributed by atoms with Gasteiger partial charge < -0.3 is 15.3 Å². The minimum absolute atomic E-state index is 0.0290. The van der Waals surface area contributed by atoms with Crippen molar-refractivity contribution in [3.8, 4) is 0 Å². The first kappa shape index (κ1) is 22.3. The quantitative estimate of drug-likeness (QED) is 0.463. The number of nitrogens with zero attached hydrogens (tertiary/aromatic N) is 1. The molecular formula is C23H20F6N2O. The Bertz CT molecular complexity index is 1030. The highest BCUT2D eigenvalue weighted by Gasteiger charge is 2.43. The third kappa shape index (κ3) is 4.48. The highest BCUT2D eigenvalue weighted by molar-refractivity contribution is 5.90. The Morgan fingerprint density at radius 2 is 1.69 bits per heavy atom. The topological polar surface area (TPSA) is 35.5 Å². The number of nitrogens with one attached hydrogen (secondary N) is 1. The van der Waals surface area contributed by atoms with Gasteiger partial charge in [-0.25, -0.2) is 0 Å². The van der Waals surface area contributed by atoms with Gasteiger partial charge in [-0.2, -0.15) is 26.3 Å². The molecule has 1 aliphatic carbocycles. The van der Waals surface area contributed by atoms with E-state index in [0.717, 1.165) is 30.0 Å². The Morgan fingerprint density at radius 3 is 2.34 bits per heavy atom. The number of hydrogen-bond donors (Lipinski definition) is 2. The molecule has 0 aromatic heterocycles. The molecule has 0 amide bonds. The monoisotopic (exact) mass is 454 g/mol. The van der Waals surface area contributed by atoms with Crippen molar-refractivity contribution in [1.82, 2.24) is 0 Å². The van der Waals surface area contributed by atoms with Gasteiger partial charge in [0.15, 0.2) is 0 Å². The lowest BCUT2D eigenvalue weighted by Crippen LogP contribution is -2.40. The van der Waals surface area contributed by atoms with Crippen molar-refractivity contribution in [2.24, 2.45) is 5.92 Å². The molecule has 2 N–H and O–H groups in total. The van der Waals surface area contributed by atoms with E-state index in [1.165, 1.54) is 12.1 Å². The van der Waals surface area contributed by atoms with Crippen LogP contribution in [0.25, 0.3) is 5.57 Å². The first-order valence-corrected chi connectivity index (χ1v) is 9.96. The lowest BCUT2D eigenvalue weighted by Gasteiger charge is -2.30. The lowest BCUT2D eigenvalue weighted by molar-refractivity contribution is -0.149. The first-order chi connectivity index (χ1) is 15.0. The summed E-state index contributed by atoms with van der Waals surface area (Å²) in [5.41, 5.74) is 0.489. The van der Waals surface area contributed by atoms with Gasteiger partial charge in [-0.1, -0.05) is 36.4 Å². The van der Waals surface area contributed by atoms with Crippen LogP contribution in [0.5, 0.6) is 0 Å². The molecule has 0 spiro atoms. The van der Waals surface area contributed by atoms with E-state index in [4.69, 9.17) is 0 Å². The van der Waals surface area contributed by atoms with Crippen molar-refractivity contribution in [2.75, 3.05) is 23.3 Å². The van der Waals surface area contributed by atoms with Gasteiger partial charge in [-0.05, 0) is 35.9 Å². The van der Waals surface area contributed by atoms with E-state index in [0.29, 0.717) is 5.69 Å². The van der Waals surface area contributed by atoms with Crippen molar-refractivity contribution in [1.29, 1.82) is 0 Å². The summed E-state index contributed by atoms with van der Waals surface area (Å²) >= 11 is 0. The van der Waals surface area contributed by atoms with Crippen LogP contribution in [0.15, 0.2) is 66.8 Å². The zero-order chi connectivity index (χ0) is 23.1. The number of rotatable bonds is 5.